The van der Waals surface area contributed by atoms with Gasteiger partial charge in [-0.05, 0) is 58.3 Å². The van der Waals surface area contributed by atoms with Crippen molar-refractivity contribution < 1.29 is 9.90 Å². The summed E-state index contributed by atoms with van der Waals surface area (Å²) in [4.78, 5) is 15.5. The van der Waals surface area contributed by atoms with Crippen LogP contribution in [0.15, 0.2) is 0 Å². The Hall–Kier alpha value is -0.610. The van der Waals surface area contributed by atoms with Crippen LogP contribution in [-0.2, 0) is 4.79 Å². The van der Waals surface area contributed by atoms with E-state index in [2.05, 4.69) is 9.80 Å². The lowest BCUT2D eigenvalue weighted by atomic mass is 10.2. The molecule has 4 heteroatoms. The molecular weight excluding hydrogens is 216 g/mol. The van der Waals surface area contributed by atoms with Crippen LogP contribution in [-0.4, -0.2) is 59.6 Å². The van der Waals surface area contributed by atoms with Crippen molar-refractivity contribution in [2.24, 2.45) is 0 Å². The van der Waals surface area contributed by atoms with Crippen LogP contribution < -0.4 is 0 Å². The molecule has 98 valence electrons. The third-order valence-corrected chi connectivity index (χ3v) is 4.02. The maximum absolute atomic E-state index is 10.4. The van der Waals surface area contributed by atoms with Gasteiger partial charge in [0.15, 0.2) is 0 Å². The summed E-state index contributed by atoms with van der Waals surface area (Å²) >= 11 is 0. The van der Waals surface area contributed by atoms with Crippen LogP contribution in [0, 0.1) is 0 Å². The predicted molar refractivity (Wildman–Crippen MR) is 67.1 cm³/mol. The number of nitrogens with zero attached hydrogens (tertiary/aromatic N) is 2. The van der Waals surface area contributed by atoms with Gasteiger partial charge in [-0.15, -0.1) is 0 Å². The van der Waals surface area contributed by atoms with Gasteiger partial charge in [0.2, 0.25) is 0 Å². The van der Waals surface area contributed by atoms with Gasteiger partial charge in [-0.3, -0.25) is 9.69 Å². The zero-order chi connectivity index (χ0) is 12.1. The normalized spacial score (nSPS) is 26.7. The molecule has 0 amide bonds. The van der Waals surface area contributed by atoms with Gasteiger partial charge in [-0.1, -0.05) is 0 Å². The minimum Gasteiger partial charge on any atom is -0.481 e. The lowest BCUT2D eigenvalue weighted by Gasteiger charge is -2.23. The summed E-state index contributed by atoms with van der Waals surface area (Å²) in [6.45, 7) is 6.06. The summed E-state index contributed by atoms with van der Waals surface area (Å²) in [7, 11) is 0. The Kier molecular flexibility index (Phi) is 4.80. The second kappa shape index (κ2) is 6.36. The first-order chi connectivity index (χ1) is 8.25. The first-order valence-electron chi connectivity index (χ1n) is 6.94. The Balaban J connectivity index is 1.59. The van der Waals surface area contributed by atoms with E-state index in [1.165, 1.54) is 45.4 Å². The third kappa shape index (κ3) is 3.96. The minimum atomic E-state index is -0.665. The molecule has 2 rings (SSSR count). The smallest absolute Gasteiger partial charge is 0.303 e. The molecule has 2 fully saturated rings. The predicted octanol–water partition coefficient (Wildman–Crippen LogP) is 1.41. The quantitative estimate of drug-likeness (QED) is 0.713. The van der Waals surface area contributed by atoms with Gasteiger partial charge >= 0.3 is 5.97 Å². The molecular formula is C13H24N2O2. The Morgan fingerprint density at radius 1 is 1.18 bits per heavy atom. The molecule has 4 nitrogen and oxygen atoms in total. The molecule has 0 aromatic carbocycles. The van der Waals surface area contributed by atoms with Crippen LogP contribution in [0.4, 0.5) is 0 Å². The second-order valence-electron chi connectivity index (χ2n) is 5.34. The van der Waals surface area contributed by atoms with Gasteiger partial charge in [-0.25, -0.2) is 0 Å². The number of aliphatic carboxylic acids is 1. The number of carbonyl (C=O) groups is 1. The first-order valence-corrected chi connectivity index (χ1v) is 6.94. The fourth-order valence-electron chi connectivity index (χ4n) is 3.03. The minimum absolute atomic E-state index is 0.323. The number of hydrogen-bond donors (Lipinski definition) is 1. The molecule has 2 saturated heterocycles. The van der Waals surface area contributed by atoms with Crippen molar-refractivity contribution in [3.05, 3.63) is 0 Å². The fraction of sp³-hybridized carbons (Fsp3) is 0.923. The van der Waals surface area contributed by atoms with Crippen molar-refractivity contribution in [1.29, 1.82) is 0 Å². The van der Waals surface area contributed by atoms with Crippen LogP contribution in [0.25, 0.3) is 0 Å². The monoisotopic (exact) mass is 240 g/mol. The standard InChI is InChI=1S/C13H24N2O2/c16-13(17)5-1-2-7-14-10-6-12(11-14)15-8-3-4-9-15/h12H,1-11H2,(H,16,17). The van der Waals surface area contributed by atoms with Crippen LogP contribution in [0.5, 0.6) is 0 Å². The zero-order valence-electron chi connectivity index (χ0n) is 10.6. The van der Waals surface area contributed by atoms with E-state index in [-0.39, 0.29) is 0 Å². The Labute approximate surface area is 104 Å². The van der Waals surface area contributed by atoms with E-state index in [4.69, 9.17) is 5.11 Å². The number of unbranched alkanes of at least 4 members (excludes halogenated alkanes) is 1. The lowest BCUT2D eigenvalue weighted by Crippen LogP contribution is -2.35. The molecule has 1 unspecified atom stereocenters. The SMILES string of the molecule is O=C(O)CCCCN1CCC(N2CCCC2)C1. The summed E-state index contributed by atoms with van der Waals surface area (Å²) in [5.74, 6) is -0.665. The largest absolute Gasteiger partial charge is 0.481 e. The molecule has 2 aliphatic rings. The summed E-state index contributed by atoms with van der Waals surface area (Å²) in [5.41, 5.74) is 0. The molecule has 1 atom stereocenters. The molecule has 2 heterocycles. The van der Waals surface area contributed by atoms with Gasteiger partial charge in [0.25, 0.3) is 0 Å². The van der Waals surface area contributed by atoms with E-state index in [0.29, 0.717) is 6.42 Å². The van der Waals surface area contributed by atoms with Crippen LogP contribution in [0.2, 0.25) is 0 Å². The number of rotatable bonds is 6. The average molecular weight is 240 g/mol. The van der Waals surface area contributed by atoms with Gasteiger partial charge in [-0.2, -0.15) is 0 Å². The van der Waals surface area contributed by atoms with Crippen molar-refractivity contribution in [2.45, 2.75) is 44.6 Å². The number of carboxylic acids is 1. The first kappa shape index (κ1) is 12.8. The van der Waals surface area contributed by atoms with Crippen LogP contribution in [0.1, 0.15) is 38.5 Å². The highest BCUT2D eigenvalue weighted by Gasteiger charge is 2.28. The fourth-order valence-corrected chi connectivity index (χ4v) is 3.03. The topological polar surface area (TPSA) is 43.8 Å². The van der Waals surface area contributed by atoms with Gasteiger partial charge in [0.05, 0.1) is 0 Å². The highest BCUT2D eigenvalue weighted by atomic mass is 16.4. The lowest BCUT2D eigenvalue weighted by molar-refractivity contribution is -0.137. The van der Waals surface area contributed by atoms with E-state index in [0.717, 1.165) is 25.4 Å². The highest BCUT2D eigenvalue weighted by Crippen LogP contribution is 2.20. The molecule has 0 saturated carbocycles. The Bertz CT molecular complexity index is 252. The maximum atomic E-state index is 10.4. The molecule has 0 aromatic rings. The van der Waals surface area contributed by atoms with E-state index < -0.39 is 5.97 Å². The van der Waals surface area contributed by atoms with E-state index >= 15 is 0 Å². The maximum Gasteiger partial charge on any atom is 0.303 e. The van der Waals surface area contributed by atoms with E-state index in [1.54, 1.807) is 0 Å². The summed E-state index contributed by atoms with van der Waals surface area (Å²) in [6.07, 6.45) is 6.21. The van der Waals surface area contributed by atoms with Crippen LogP contribution in [0.3, 0.4) is 0 Å². The van der Waals surface area contributed by atoms with Crippen molar-refractivity contribution in [3.63, 3.8) is 0 Å². The Morgan fingerprint density at radius 3 is 2.65 bits per heavy atom. The number of likely N-dealkylation sites (tertiary alicyclic amines) is 2. The number of carboxylic acid groups (broad SMARTS) is 1. The third-order valence-electron chi connectivity index (χ3n) is 4.02. The van der Waals surface area contributed by atoms with Crippen molar-refractivity contribution in [2.75, 3.05) is 32.7 Å². The average Bonchev–Trinajstić information content (AvgIpc) is 2.94. The van der Waals surface area contributed by atoms with E-state index in [9.17, 15) is 4.79 Å². The van der Waals surface area contributed by atoms with Gasteiger partial charge in [0.1, 0.15) is 0 Å². The molecule has 2 aliphatic heterocycles. The van der Waals surface area contributed by atoms with Gasteiger partial charge < -0.3 is 10.0 Å². The molecule has 0 aliphatic carbocycles. The van der Waals surface area contributed by atoms with Crippen LogP contribution >= 0.6 is 0 Å². The molecule has 1 N–H and O–H groups in total. The number of hydrogen-bond acceptors (Lipinski definition) is 3. The molecule has 0 spiro atoms. The molecule has 0 radical (unpaired) electrons. The highest BCUT2D eigenvalue weighted by molar-refractivity contribution is 5.66. The van der Waals surface area contributed by atoms with Crippen molar-refractivity contribution in [1.82, 2.24) is 9.80 Å². The van der Waals surface area contributed by atoms with E-state index in [1.807, 2.05) is 0 Å². The van der Waals surface area contributed by atoms with Crippen molar-refractivity contribution >= 4 is 5.97 Å². The van der Waals surface area contributed by atoms with Crippen molar-refractivity contribution in [3.8, 4) is 0 Å². The van der Waals surface area contributed by atoms with Gasteiger partial charge in [0, 0.05) is 19.0 Å². The molecule has 0 aromatic heterocycles. The summed E-state index contributed by atoms with van der Waals surface area (Å²) in [5, 5.41) is 8.57. The molecule has 17 heavy (non-hydrogen) atoms. The summed E-state index contributed by atoms with van der Waals surface area (Å²) < 4.78 is 0. The molecule has 0 bridgehead atoms. The second-order valence-corrected chi connectivity index (χ2v) is 5.34. The summed E-state index contributed by atoms with van der Waals surface area (Å²) in [6, 6.07) is 0.775. The zero-order valence-corrected chi connectivity index (χ0v) is 10.6. The Morgan fingerprint density at radius 2 is 1.94 bits per heavy atom.